The molecule has 18 heavy (non-hydrogen) atoms. The van der Waals surface area contributed by atoms with Crippen LogP contribution in [0.4, 0.5) is 5.82 Å². The fourth-order valence-corrected chi connectivity index (χ4v) is 1.59. The summed E-state index contributed by atoms with van der Waals surface area (Å²) in [5.41, 5.74) is 0.953. The summed E-state index contributed by atoms with van der Waals surface area (Å²) >= 11 is 0. The minimum atomic E-state index is -0.953. The number of nitrogens with zero attached hydrogens (tertiary/aromatic N) is 1. The highest BCUT2D eigenvalue weighted by molar-refractivity contribution is 5.94. The van der Waals surface area contributed by atoms with Gasteiger partial charge in [0.1, 0.15) is 11.4 Å². The maximum atomic E-state index is 11.1. The molecule has 5 nitrogen and oxygen atoms in total. The Balaban J connectivity index is 2.47. The molecule has 0 aromatic carbocycles. The van der Waals surface area contributed by atoms with E-state index in [-0.39, 0.29) is 5.56 Å². The van der Waals surface area contributed by atoms with Gasteiger partial charge in [-0.15, -0.1) is 0 Å². The zero-order valence-electron chi connectivity index (χ0n) is 10.9. The molecule has 2 N–H and O–H groups in total. The number of aryl methyl sites for hydroxylation is 1. The molecule has 1 aromatic rings. The molecule has 0 unspecified atom stereocenters. The number of ether oxygens (including phenoxy) is 1. The maximum Gasteiger partial charge on any atom is 0.339 e. The molecule has 0 bridgehead atoms. The van der Waals surface area contributed by atoms with Crippen LogP contribution in [-0.4, -0.2) is 35.8 Å². The SMILES string of the molecule is CCCOCCCNc1nccc(C)c1C(=O)O. The summed E-state index contributed by atoms with van der Waals surface area (Å²) in [6, 6.07) is 1.69. The zero-order chi connectivity index (χ0) is 13.4. The van der Waals surface area contributed by atoms with Gasteiger partial charge >= 0.3 is 5.97 Å². The average Bonchev–Trinajstić information content (AvgIpc) is 2.33. The average molecular weight is 252 g/mol. The van der Waals surface area contributed by atoms with Crippen LogP contribution in [0.25, 0.3) is 0 Å². The van der Waals surface area contributed by atoms with E-state index in [1.807, 2.05) is 0 Å². The van der Waals surface area contributed by atoms with Crippen molar-refractivity contribution >= 4 is 11.8 Å². The van der Waals surface area contributed by atoms with Crippen molar-refractivity contribution in [1.82, 2.24) is 4.98 Å². The number of rotatable bonds is 8. The summed E-state index contributed by atoms with van der Waals surface area (Å²) in [4.78, 5) is 15.2. The predicted octanol–water partition coefficient (Wildman–Crippen LogP) is 2.32. The van der Waals surface area contributed by atoms with Crippen molar-refractivity contribution in [3.05, 3.63) is 23.4 Å². The van der Waals surface area contributed by atoms with Crippen molar-refractivity contribution in [3.63, 3.8) is 0 Å². The van der Waals surface area contributed by atoms with Gasteiger partial charge in [-0.25, -0.2) is 9.78 Å². The van der Waals surface area contributed by atoms with E-state index in [0.29, 0.717) is 24.5 Å². The van der Waals surface area contributed by atoms with Gasteiger partial charge in [-0.05, 0) is 31.4 Å². The predicted molar refractivity (Wildman–Crippen MR) is 70.2 cm³/mol. The molecule has 1 rings (SSSR count). The van der Waals surface area contributed by atoms with Gasteiger partial charge in [0.15, 0.2) is 0 Å². The third-order valence-electron chi connectivity index (χ3n) is 2.48. The third-order valence-corrected chi connectivity index (χ3v) is 2.48. The molecular weight excluding hydrogens is 232 g/mol. The molecule has 0 saturated heterocycles. The normalized spacial score (nSPS) is 10.3. The lowest BCUT2D eigenvalue weighted by Gasteiger charge is -2.10. The number of aromatic nitrogens is 1. The van der Waals surface area contributed by atoms with Crippen LogP contribution in [0.5, 0.6) is 0 Å². The minimum Gasteiger partial charge on any atom is -0.478 e. The molecule has 0 saturated carbocycles. The van der Waals surface area contributed by atoms with Gasteiger partial charge in [0.25, 0.3) is 0 Å². The van der Waals surface area contributed by atoms with E-state index >= 15 is 0 Å². The first-order valence-electron chi connectivity index (χ1n) is 6.17. The Kier molecular flexibility index (Phi) is 6.14. The molecule has 1 aromatic heterocycles. The lowest BCUT2D eigenvalue weighted by molar-refractivity contribution is 0.0697. The maximum absolute atomic E-state index is 11.1. The Bertz CT molecular complexity index is 394. The van der Waals surface area contributed by atoms with Crippen LogP contribution in [0, 0.1) is 6.92 Å². The van der Waals surface area contributed by atoms with E-state index in [1.54, 1.807) is 19.2 Å². The Morgan fingerprint density at radius 1 is 1.50 bits per heavy atom. The van der Waals surface area contributed by atoms with E-state index in [2.05, 4.69) is 17.2 Å². The monoisotopic (exact) mass is 252 g/mol. The number of pyridine rings is 1. The van der Waals surface area contributed by atoms with Gasteiger partial charge in [-0.3, -0.25) is 0 Å². The number of carboxylic acids is 1. The van der Waals surface area contributed by atoms with Crippen LogP contribution in [0.1, 0.15) is 35.7 Å². The van der Waals surface area contributed by atoms with Crippen molar-refractivity contribution < 1.29 is 14.6 Å². The molecule has 5 heteroatoms. The summed E-state index contributed by atoms with van der Waals surface area (Å²) in [5.74, 6) is -0.525. The number of aromatic carboxylic acids is 1. The largest absolute Gasteiger partial charge is 0.478 e. The van der Waals surface area contributed by atoms with Crippen molar-refractivity contribution in [2.24, 2.45) is 0 Å². The van der Waals surface area contributed by atoms with Crippen LogP contribution in [-0.2, 0) is 4.74 Å². The summed E-state index contributed by atoms with van der Waals surface area (Å²) in [7, 11) is 0. The van der Waals surface area contributed by atoms with Crippen LogP contribution in [0.3, 0.4) is 0 Å². The number of hydrogen-bond acceptors (Lipinski definition) is 4. The molecular formula is C13H20N2O3. The van der Waals surface area contributed by atoms with Gasteiger partial charge in [0.2, 0.25) is 0 Å². The van der Waals surface area contributed by atoms with Crippen molar-refractivity contribution in [2.75, 3.05) is 25.1 Å². The van der Waals surface area contributed by atoms with Gasteiger partial charge in [-0.1, -0.05) is 6.92 Å². The van der Waals surface area contributed by atoms with Crippen LogP contribution < -0.4 is 5.32 Å². The summed E-state index contributed by atoms with van der Waals surface area (Å²) in [6.07, 6.45) is 3.45. The van der Waals surface area contributed by atoms with Crippen molar-refractivity contribution in [3.8, 4) is 0 Å². The number of carboxylic acid groups (broad SMARTS) is 1. The molecule has 0 amide bonds. The first kappa shape index (κ1) is 14.4. The second kappa shape index (κ2) is 7.66. The first-order chi connectivity index (χ1) is 8.66. The molecule has 0 spiro atoms. The van der Waals surface area contributed by atoms with E-state index in [1.165, 1.54) is 0 Å². The number of anilines is 1. The second-order valence-corrected chi connectivity index (χ2v) is 4.05. The summed E-state index contributed by atoms with van der Waals surface area (Å²) in [6.45, 7) is 5.92. The highest BCUT2D eigenvalue weighted by Crippen LogP contribution is 2.16. The van der Waals surface area contributed by atoms with E-state index in [4.69, 9.17) is 9.84 Å². The van der Waals surface area contributed by atoms with Crippen molar-refractivity contribution in [2.45, 2.75) is 26.7 Å². The molecule has 1 heterocycles. The fraction of sp³-hybridized carbons (Fsp3) is 0.538. The molecule has 0 aliphatic rings. The topological polar surface area (TPSA) is 71.5 Å². The quantitative estimate of drug-likeness (QED) is 0.695. The lowest BCUT2D eigenvalue weighted by Crippen LogP contribution is -2.12. The number of carbonyl (C=O) groups is 1. The van der Waals surface area contributed by atoms with Gasteiger partial charge < -0.3 is 15.2 Å². The van der Waals surface area contributed by atoms with Gasteiger partial charge in [0, 0.05) is 26.0 Å². The number of hydrogen-bond donors (Lipinski definition) is 2. The van der Waals surface area contributed by atoms with Gasteiger partial charge in [-0.2, -0.15) is 0 Å². The lowest BCUT2D eigenvalue weighted by atomic mass is 10.1. The zero-order valence-corrected chi connectivity index (χ0v) is 10.9. The summed E-state index contributed by atoms with van der Waals surface area (Å²) in [5, 5.41) is 12.2. The smallest absolute Gasteiger partial charge is 0.339 e. The standard InChI is InChI=1S/C13H20N2O3/c1-3-8-18-9-4-6-14-12-11(13(16)17)10(2)5-7-15-12/h5,7H,3-4,6,8-9H2,1-2H3,(H,14,15)(H,16,17). The van der Waals surface area contributed by atoms with Crippen LogP contribution in [0.2, 0.25) is 0 Å². The molecule has 0 aliphatic carbocycles. The minimum absolute atomic E-state index is 0.243. The molecule has 0 aliphatic heterocycles. The second-order valence-electron chi connectivity index (χ2n) is 4.05. The third kappa shape index (κ3) is 4.33. The molecule has 100 valence electrons. The molecule has 0 fully saturated rings. The Morgan fingerprint density at radius 3 is 2.94 bits per heavy atom. The molecule has 0 atom stereocenters. The Hall–Kier alpha value is -1.62. The highest BCUT2D eigenvalue weighted by atomic mass is 16.5. The Morgan fingerprint density at radius 2 is 2.28 bits per heavy atom. The summed E-state index contributed by atoms with van der Waals surface area (Å²) < 4.78 is 5.35. The molecule has 0 radical (unpaired) electrons. The van der Waals surface area contributed by atoms with Crippen LogP contribution in [0.15, 0.2) is 12.3 Å². The van der Waals surface area contributed by atoms with E-state index in [9.17, 15) is 4.79 Å². The van der Waals surface area contributed by atoms with Crippen LogP contribution >= 0.6 is 0 Å². The van der Waals surface area contributed by atoms with Gasteiger partial charge in [0.05, 0.1) is 0 Å². The fourth-order valence-electron chi connectivity index (χ4n) is 1.59. The van der Waals surface area contributed by atoms with Crippen molar-refractivity contribution in [1.29, 1.82) is 0 Å². The number of nitrogens with one attached hydrogen (secondary N) is 1. The highest BCUT2D eigenvalue weighted by Gasteiger charge is 2.13. The van der Waals surface area contributed by atoms with E-state index in [0.717, 1.165) is 19.4 Å². The van der Waals surface area contributed by atoms with E-state index < -0.39 is 5.97 Å². The Labute approximate surface area is 107 Å². The first-order valence-corrected chi connectivity index (χ1v) is 6.17.